The summed E-state index contributed by atoms with van der Waals surface area (Å²) in [6, 6.07) is 8.12. The quantitative estimate of drug-likeness (QED) is 0.921. The van der Waals surface area contributed by atoms with Crippen LogP contribution in [0.2, 0.25) is 0 Å². The summed E-state index contributed by atoms with van der Waals surface area (Å²) in [5, 5.41) is 7.23. The topological polar surface area (TPSA) is 49.0 Å². The van der Waals surface area contributed by atoms with Gasteiger partial charge in [0.2, 0.25) is 0 Å². The molecular formula is C18H23N3O. The van der Waals surface area contributed by atoms with E-state index >= 15 is 0 Å². The van der Waals surface area contributed by atoms with Crippen LogP contribution in [0.4, 0.5) is 0 Å². The average Bonchev–Trinajstić information content (AvgIpc) is 2.99. The van der Waals surface area contributed by atoms with Crippen LogP contribution in [0, 0.1) is 19.8 Å². The van der Waals surface area contributed by atoms with Crippen LogP contribution in [0.5, 0.6) is 0 Å². The van der Waals surface area contributed by atoms with E-state index in [0.29, 0.717) is 11.6 Å². The number of hydrogen-bond donors (Lipinski definition) is 1. The van der Waals surface area contributed by atoms with Gasteiger partial charge in [0.25, 0.3) is 5.91 Å². The second kappa shape index (κ2) is 5.95. The maximum absolute atomic E-state index is 12.6. The van der Waals surface area contributed by atoms with E-state index in [4.69, 9.17) is 0 Å². The highest BCUT2D eigenvalue weighted by Gasteiger charge is 2.23. The molecule has 0 saturated carbocycles. The van der Waals surface area contributed by atoms with E-state index in [1.54, 1.807) is 0 Å². The van der Waals surface area contributed by atoms with Crippen molar-refractivity contribution in [3.05, 3.63) is 41.1 Å². The fourth-order valence-electron chi connectivity index (χ4n) is 3.02. The predicted octanol–water partition coefficient (Wildman–Crippen LogP) is 3.57. The summed E-state index contributed by atoms with van der Waals surface area (Å²) in [7, 11) is 0. The van der Waals surface area contributed by atoms with Crippen molar-refractivity contribution in [2.75, 3.05) is 13.1 Å². The lowest BCUT2D eigenvalue weighted by atomic mass is 10.00. The van der Waals surface area contributed by atoms with Crippen molar-refractivity contribution < 1.29 is 4.79 Å². The van der Waals surface area contributed by atoms with Crippen molar-refractivity contribution in [1.29, 1.82) is 0 Å². The van der Waals surface area contributed by atoms with Gasteiger partial charge in [0, 0.05) is 18.7 Å². The van der Waals surface area contributed by atoms with Crippen LogP contribution in [0.25, 0.3) is 11.3 Å². The third kappa shape index (κ3) is 2.91. The molecule has 1 aromatic heterocycles. The third-order valence-electron chi connectivity index (χ3n) is 4.56. The normalized spacial score (nSPS) is 18.5. The first kappa shape index (κ1) is 14.8. The first-order valence-electron chi connectivity index (χ1n) is 7.97. The van der Waals surface area contributed by atoms with E-state index in [9.17, 15) is 4.79 Å². The highest BCUT2D eigenvalue weighted by atomic mass is 16.2. The Bertz CT molecular complexity index is 689. The minimum atomic E-state index is 0.0640. The fraction of sp³-hybridized carbons (Fsp3) is 0.444. The second-order valence-corrected chi connectivity index (χ2v) is 6.46. The molecule has 1 aliphatic rings. The number of aryl methyl sites for hydroxylation is 2. The van der Waals surface area contributed by atoms with Gasteiger partial charge in [-0.2, -0.15) is 5.10 Å². The second-order valence-electron chi connectivity index (χ2n) is 6.46. The van der Waals surface area contributed by atoms with Crippen LogP contribution in [-0.2, 0) is 0 Å². The molecule has 4 heteroatoms. The van der Waals surface area contributed by atoms with E-state index in [2.05, 4.69) is 49.2 Å². The first-order valence-corrected chi connectivity index (χ1v) is 7.97. The number of hydrogen-bond acceptors (Lipinski definition) is 2. The number of H-pyrrole nitrogens is 1. The van der Waals surface area contributed by atoms with Crippen molar-refractivity contribution in [2.45, 2.75) is 33.6 Å². The number of rotatable bonds is 2. The molecule has 116 valence electrons. The molecule has 2 heterocycles. The maximum atomic E-state index is 12.6. The summed E-state index contributed by atoms with van der Waals surface area (Å²) in [6.45, 7) is 8.08. The summed E-state index contributed by atoms with van der Waals surface area (Å²) in [5.41, 5.74) is 4.96. The zero-order valence-corrected chi connectivity index (χ0v) is 13.5. The minimum Gasteiger partial charge on any atom is -0.337 e. The number of piperidine rings is 1. The molecule has 0 unspecified atom stereocenters. The van der Waals surface area contributed by atoms with Gasteiger partial charge < -0.3 is 4.90 Å². The van der Waals surface area contributed by atoms with Crippen molar-refractivity contribution >= 4 is 5.91 Å². The standard InChI is InChI=1S/C18H23N3O/c1-12-5-4-8-21(11-12)18(22)17-10-16(19-20-17)15-7-6-13(2)14(3)9-15/h6-7,9-10,12H,4-5,8,11H2,1-3H3,(H,19,20)/t12-/m1/s1. The van der Waals surface area contributed by atoms with Crippen LogP contribution in [0.15, 0.2) is 24.3 Å². The first-order chi connectivity index (χ1) is 10.5. The van der Waals surface area contributed by atoms with Gasteiger partial charge in [-0.1, -0.05) is 19.1 Å². The lowest BCUT2D eigenvalue weighted by molar-refractivity contribution is 0.0677. The number of nitrogens with one attached hydrogen (secondary N) is 1. The molecular weight excluding hydrogens is 274 g/mol. The highest BCUT2D eigenvalue weighted by Crippen LogP contribution is 2.22. The molecule has 1 aromatic carbocycles. The smallest absolute Gasteiger partial charge is 0.271 e. The Balaban J connectivity index is 1.81. The van der Waals surface area contributed by atoms with Gasteiger partial charge in [0.05, 0.1) is 5.69 Å². The molecule has 1 amide bonds. The molecule has 1 atom stereocenters. The molecule has 4 nitrogen and oxygen atoms in total. The Labute approximate surface area is 131 Å². The Morgan fingerprint density at radius 2 is 2.09 bits per heavy atom. The molecule has 1 fully saturated rings. The van der Waals surface area contributed by atoms with Crippen molar-refractivity contribution in [1.82, 2.24) is 15.1 Å². The van der Waals surface area contributed by atoms with Crippen molar-refractivity contribution in [2.24, 2.45) is 5.92 Å². The van der Waals surface area contributed by atoms with Crippen LogP contribution >= 0.6 is 0 Å². The highest BCUT2D eigenvalue weighted by molar-refractivity contribution is 5.93. The van der Waals surface area contributed by atoms with Gasteiger partial charge >= 0.3 is 0 Å². The van der Waals surface area contributed by atoms with Gasteiger partial charge in [-0.25, -0.2) is 0 Å². The average molecular weight is 297 g/mol. The van der Waals surface area contributed by atoms with E-state index < -0.39 is 0 Å². The molecule has 0 aliphatic carbocycles. The van der Waals surface area contributed by atoms with E-state index in [1.807, 2.05) is 11.0 Å². The van der Waals surface area contributed by atoms with Crippen molar-refractivity contribution in [3.8, 4) is 11.3 Å². The van der Waals surface area contributed by atoms with E-state index in [-0.39, 0.29) is 5.91 Å². The van der Waals surface area contributed by atoms with Crippen LogP contribution in [0.1, 0.15) is 41.4 Å². The van der Waals surface area contributed by atoms with Gasteiger partial charge in [0.15, 0.2) is 0 Å². The third-order valence-corrected chi connectivity index (χ3v) is 4.56. The Kier molecular flexibility index (Phi) is 4.01. The summed E-state index contributed by atoms with van der Waals surface area (Å²) >= 11 is 0. The van der Waals surface area contributed by atoms with E-state index in [1.165, 1.54) is 17.5 Å². The summed E-state index contributed by atoms with van der Waals surface area (Å²) < 4.78 is 0. The lowest BCUT2D eigenvalue weighted by Crippen LogP contribution is -2.39. The van der Waals surface area contributed by atoms with Crippen LogP contribution in [-0.4, -0.2) is 34.1 Å². The number of likely N-dealkylation sites (tertiary alicyclic amines) is 1. The number of carbonyl (C=O) groups excluding carboxylic acids is 1. The number of amides is 1. The number of benzene rings is 1. The van der Waals surface area contributed by atoms with Gasteiger partial charge in [0.1, 0.15) is 5.69 Å². The Hall–Kier alpha value is -2.10. The predicted molar refractivity (Wildman–Crippen MR) is 87.8 cm³/mol. The molecule has 2 aromatic rings. The minimum absolute atomic E-state index is 0.0640. The maximum Gasteiger partial charge on any atom is 0.271 e. The fourth-order valence-corrected chi connectivity index (χ4v) is 3.02. The van der Waals surface area contributed by atoms with E-state index in [0.717, 1.165) is 30.8 Å². The zero-order valence-electron chi connectivity index (χ0n) is 13.5. The molecule has 22 heavy (non-hydrogen) atoms. The molecule has 0 bridgehead atoms. The van der Waals surface area contributed by atoms with Crippen LogP contribution < -0.4 is 0 Å². The van der Waals surface area contributed by atoms with Gasteiger partial charge in [-0.05, 0) is 55.9 Å². The number of nitrogens with zero attached hydrogens (tertiary/aromatic N) is 2. The van der Waals surface area contributed by atoms with Gasteiger partial charge in [-0.15, -0.1) is 0 Å². The largest absolute Gasteiger partial charge is 0.337 e. The molecule has 0 radical (unpaired) electrons. The monoisotopic (exact) mass is 297 g/mol. The molecule has 1 saturated heterocycles. The Morgan fingerprint density at radius 1 is 1.27 bits per heavy atom. The molecule has 1 N–H and O–H groups in total. The lowest BCUT2D eigenvalue weighted by Gasteiger charge is -2.30. The molecule has 0 spiro atoms. The van der Waals surface area contributed by atoms with Crippen LogP contribution in [0.3, 0.4) is 0 Å². The number of carbonyl (C=O) groups is 1. The zero-order chi connectivity index (χ0) is 15.7. The Morgan fingerprint density at radius 3 is 2.82 bits per heavy atom. The van der Waals surface area contributed by atoms with Gasteiger partial charge in [-0.3, -0.25) is 9.89 Å². The van der Waals surface area contributed by atoms with Crippen molar-refractivity contribution in [3.63, 3.8) is 0 Å². The SMILES string of the molecule is Cc1ccc(-c2cc(C(=O)N3CCC[C@@H](C)C3)[nH]n2)cc1C. The summed E-state index contributed by atoms with van der Waals surface area (Å²) in [6.07, 6.45) is 2.30. The summed E-state index contributed by atoms with van der Waals surface area (Å²) in [4.78, 5) is 14.5. The number of aromatic amines is 1. The molecule has 1 aliphatic heterocycles. The molecule has 3 rings (SSSR count). The number of aromatic nitrogens is 2. The summed E-state index contributed by atoms with van der Waals surface area (Å²) in [5.74, 6) is 0.647.